The second-order valence-corrected chi connectivity index (χ2v) is 8.86. The summed E-state index contributed by atoms with van der Waals surface area (Å²) < 4.78 is 1.56. The van der Waals surface area contributed by atoms with Crippen LogP contribution in [0.5, 0.6) is 0 Å². The SMILES string of the molecule is O=C(O)Cn1c(C(=O)NC2CC(c3ccccc3Cl)CCS2)cc2ccccc21. The maximum atomic E-state index is 13.0. The van der Waals surface area contributed by atoms with Crippen LogP contribution in [0.2, 0.25) is 5.02 Å². The number of aliphatic carboxylic acids is 1. The zero-order valence-corrected chi connectivity index (χ0v) is 17.2. The Morgan fingerprint density at radius 3 is 2.72 bits per heavy atom. The first-order valence-electron chi connectivity index (χ1n) is 9.50. The molecule has 0 saturated carbocycles. The number of amides is 1. The van der Waals surface area contributed by atoms with Crippen LogP contribution in [0.25, 0.3) is 10.9 Å². The van der Waals surface area contributed by atoms with Crippen molar-refractivity contribution >= 4 is 46.1 Å². The molecule has 1 aromatic heterocycles. The Morgan fingerprint density at radius 1 is 1.17 bits per heavy atom. The minimum absolute atomic E-state index is 0.0474. The summed E-state index contributed by atoms with van der Waals surface area (Å²) in [5, 5.41) is 14.0. The molecule has 3 aromatic rings. The van der Waals surface area contributed by atoms with Gasteiger partial charge in [0.2, 0.25) is 0 Å². The van der Waals surface area contributed by atoms with Gasteiger partial charge in [-0.05, 0) is 48.3 Å². The Bertz CT molecular complexity index is 1070. The fourth-order valence-electron chi connectivity index (χ4n) is 3.91. The molecule has 0 bridgehead atoms. The number of hydrogen-bond acceptors (Lipinski definition) is 3. The van der Waals surface area contributed by atoms with Crippen molar-refractivity contribution in [1.29, 1.82) is 0 Å². The first-order chi connectivity index (χ1) is 14.0. The number of halogens is 1. The van der Waals surface area contributed by atoms with Crippen molar-refractivity contribution in [3.05, 3.63) is 70.9 Å². The molecule has 2 aromatic carbocycles. The number of fused-ring (bicyclic) bond motifs is 1. The predicted molar refractivity (Wildman–Crippen MR) is 117 cm³/mol. The van der Waals surface area contributed by atoms with Crippen LogP contribution in [-0.4, -0.2) is 32.7 Å². The number of thioether (sulfide) groups is 1. The Kier molecular flexibility index (Phi) is 5.83. The standard InChI is InChI=1S/C22H21ClN2O3S/c23-17-7-3-2-6-16(17)14-9-10-29-20(12-14)24-22(28)19-11-15-5-1-4-8-18(15)25(19)13-21(26)27/h1-8,11,14,20H,9-10,12-13H2,(H,24,28)(H,26,27). The summed E-state index contributed by atoms with van der Waals surface area (Å²) in [6.07, 6.45) is 1.80. The van der Waals surface area contributed by atoms with Crippen molar-refractivity contribution < 1.29 is 14.7 Å². The Labute approximate surface area is 178 Å². The average Bonchev–Trinajstić information content (AvgIpc) is 3.07. The van der Waals surface area contributed by atoms with Gasteiger partial charge >= 0.3 is 5.97 Å². The highest BCUT2D eigenvalue weighted by Crippen LogP contribution is 2.38. The van der Waals surface area contributed by atoms with Crippen LogP contribution >= 0.6 is 23.4 Å². The minimum atomic E-state index is -0.980. The van der Waals surface area contributed by atoms with Crippen molar-refractivity contribution in [3.8, 4) is 0 Å². The molecule has 0 spiro atoms. The molecule has 29 heavy (non-hydrogen) atoms. The topological polar surface area (TPSA) is 71.3 Å². The minimum Gasteiger partial charge on any atom is -0.480 e. The molecule has 5 nitrogen and oxygen atoms in total. The van der Waals surface area contributed by atoms with Crippen LogP contribution in [-0.2, 0) is 11.3 Å². The molecule has 1 saturated heterocycles. The molecule has 2 N–H and O–H groups in total. The van der Waals surface area contributed by atoms with Crippen LogP contribution in [0, 0.1) is 0 Å². The molecule has 1 aliphatic heterocycles. The highest BCUT2D eigenvalue weighted by atomic mass is 35.5. The lowest BCUT2D eigenvalue weighted by molar-refractivity contribution is -0.137. The monoisotopic (exact) mass is 428 g/mol. The quantitative estimate of drug-likeness (QED) is 0.615. The number of carboxylic acid groups (broad SMARTS) is 1. The van der Waals surface area contributed by atoms with E-state index in [0.717, 1.165) is 40.1 Å². The number of nitrogens with one attached hydrogen (secondary N) is 1. The van der Waals surface area contributed by atoms with E-state index in [9.17, 15) is 14.7 Å². The zero-order valence-electron chi connectivity index (χ0n) is 15.7. The first-order valence-corrected chi connectivity index (χ1v) is 10.9. The van der Waals surface area contributed by atoms with Gasteiger partial charge in [-0.2, -0.15) is 0 Å². The van der Waals surface area contributed by atoms with Gasteiger partial charge in [-0.1, -0.05) is 48.0 Å². The number of carboxylic acids is 1. The molecule has 1 aliphatic rings. The van der Waals surface area contributed by atoms with E-state index in [4.69, 9.17) is 11.6 Å². The molecule has 0 aliphatic carbocycles. The van der Waals surface area contributed by atoms with Gasteiger partial charge in [0.05, 0.1) is 5.37 Å². The van der Waals surface area contributed by atoms with Crippen molar-refractivity contribution in [2.45, 2.75) is 30.7 Å². The van der Waals surface area contributed by atoms with E-state index in [1.807, 2.05) is 48.5 Å². The van der Waals surface area contributed by atoms with Crippen LogP contribution in [0.15, 0.2) is 54.6 Å². The van der Waals surface area contributed by atoms with Gasteiger partial charge in [0, 0.05) is 15.9 Å². The summed E-state index contributed by atoms with van der Waals surface area (Å²) in [6, 6.07) is 17.0. The summed E-state index contributed by atoms with van der Waals surface area (Å²) in [5.41, 5.74) is 2.23. The normalized spacial score (nSPS) is 19.2. The van der Waals surface area contributed by atoms with Crippen LogP contribution in [0.3, 0.4) is 0 Å². The molecule has 7 heteroatoms. The lowest BCUT2D eigenvalue weighted by Crippen LogP contribution is -2.37. The number of nitrogens with zero attached hydrogens (tertiary/aromatic N) is 1. The molecular formula is C22H21ClN2O3S. The molecule has 1 amide bonds. The molecule has 2 atom stereocenters. The van der Waals surface area contributed by atoms with Crippen molar-refractivity contribution in [2.75, 3.05) is 5.75 Å². The third-order valence-corrected chi connectivity index (χ3v) is 6.79. The number of aromatic nitrogens is 1. The average molecular weight is 429 g/mol. The maximum Gasteiger partial charge on any atom is 0.323 e. The summed E-state index contributed by atoms with van der Waals surface area (Å²) in [5.74, 6) is -0.00927. The lowest BCUT2D eigenvalue weighted by atomic mass is 9.92. The van der Waals surface area contributed by atoms with Gasteiger partial charge in [-0.15, -0.1) is 11.8 Å². The number of carbonyl (C=O) groups excluding carboxylic acids is 1. The molecule has 1 fully saturated rings. The van der Waals surface area contributed by atoms with Gasteiger partial charge in [0.15, 0.2) is 0 Å². The second-order valence-electron chi connectivity index (χ2n) is 7.14. The number of para-hydroxylation sites is 1. The van der Waals surface area contributed by atoms with E-state index < -0.39 is 5.97 Å². The molecule has 150 valence electrons. The summed E-state index contributed by atoms with van der Waals surface area (Å²) in [4.78, 5) is 24.4. The van der Waals surface area contributed by atoms with E-state index >= 15 is 0 Å². The Balaban J connectivity index is 1.55. The zero-order chi connectivity index (χ0) is 20.4. The van der Waals surface area contributed by atoms with E-state index in [1.54, 1.807) is 22.4 Å². The molecular weight excluding hydrogens is 408 g/mol. The molecule has 4 rings (SSSR count). The maximum absolute atomic E-state index is 13.0. The van der Waals surface area contributed by atoms with Gasteiger partial charge in [-0.25, -0.2) is 0 Å². The van der Waals surface area contributed by atoms with E-state index in [0.29, 0.717) is 11.6 Å². The highest BCUT2D eigenvalue weighted by molar-refractivity contribution is 7.99. The first kappa shape index (κ1) is 19.9. The Hall–Kier alpha value is -2.44. The third kappa shape index (κ3) is 4.28. The van der Waals surface area contributed by atoms with Gasteiger partial charge < -0.3 is 15.0 Å². The summed E-state index contributed by atoms with van der Waals surface area (Å²) in [6.45, 7) is -0.254. The molecule has 2 unspecified atom stereocenters. The highest BCUT2D eigenvalue weighted by Gasteiger charge is 2.27. The molecule has 0 radical (unpaired) electrons. The number of hydrogen-bond donors (Lipinski definition) is 2. The predicted octanol–water partition coefficient (Wildman–Crippen LogP) is 4.75. The fraction of sp³-hybridized carbons (Fsp3) is 0.273. The number of carbonyl (C=O) groups is 2. The van der Waals surface area contributed by atoms with Crippen LogP contribution in [0.4, 0.5) is 0 Å². The van der Waals surface area contributed by atoms with Crippen molar-refractivity contribution in [3.63, 3.8) is 0 Å². The van der Waals surface area contributed by atoms with E-state index in [-0.39, 0.29) is 17.8 Å². The number of rotatable bonds is 5. The second kappa shape index (κ2) is 8.51. The number of benzene rings is 2. The van der Waals surface area contributed by atoms with Crippen molar-refractivity contribution in [1.82, 2.24) is 9.88 Å². The van der Waals surface area contributed by atoms with E-state index in [2.05, 4.69) is 5.32 Å². The molecule has 2 heterocycles. The van der Waals surface area contributed by atoms with Crippen LogP contribution < -0.4 is 5.32 Å². The summed E-state index contributed by atoms with van der Waals surface area (Å²) in [7, 11) is 0. The summed E-state index contributed by atoms with van der Waals surface area (Å²) >= 11 is 8.08. The fourth-order valence-corrected chi connectivity index (χ4v) is 5.46. The van der Waals surface area contributed by atoms with Gasteiger partial charge in [-0.3, -0.25) is 9.59 Å². The van der Waals surface area contributed by atoms with Gasteiger partial charge in [0.1, 0.15) is 12.2 Å². The van der Waals surface area contributed by atoms with Crippen molar-refractivity contribution in [2.24, 2.45) is 0 Å². The third-order valence-electron chi connectivity index (χ3n) is 5.26. The lowest BCUT2D eigenvalue weighted by Gasteiger charge is -2.30. The Morgan fingerprint density at radius 2 is 1.93 bits per heavy atom. The smallest absolute Gasteiger partial charge is 0.323 e. The van der Waals surface area contributed by atoms with E-state index in [1.165, 1.54) is 0 Å². The largest absolute Gasteiger partial charge is 0.480 e. The van der Waals surface area contributed by atoms with Gasteiger partial charge in [0.25, 0.3) is 5.91 Å². The van der Waals surface area contributed by atoms with Crippen LogP contribution in [0.1, 0.15) is 34.8 Å².